The summed E-state index contributed by atoms with van der Waals surface area (Å²) >= 11 is 0. The van der Waals surface area contributed by atoms with Gasteiger partial charge < -0.3 is 5.32 Å². The van der Waals surface area contributed by atoms with Crippen molar-refractivity contribution in [2.75, 3.05) is 5.32 Å². The van der Waals surface area contributed by atoms with Gasteiger partial charge in [0.2, 0.25) is 0 Å². The molecule has 1 heterocycles. The molecule has 3 heteroatoms. The Bertz CT molecular complexity index is 342. The van der Waals surface area contributed by atoms with Crippen molar-refractivity contribution in [2.45, 2.75) is 45.6 Å². The summed E-state index contributed by atoms with van der Waals surface area (Å²) in [7, 11) is 0. The van der Waals surface area contributed by atoms with Gasteiger partial charge in [-0.3, -0.25) is 0 Å². The summed E-state index contributed by atoms with van der Waals surface area (Å²) in [6.07, 6.45) is 3.46. The highest BCUT2D eigenvalue weighted by Gasteiger charge is 2.37. The predicted octanol–water partition coefficient (Wildman–Crippen LogP) is 2.31. The molecule has 0 aromatic carbocycles. The van der Waals surface area contributed by atoms with E-state index in [0.29, 0.717) is 5.54 Å². The Morgan fingerprint density at radius 3 is 2.71 bits per heavy atom. The number of nitrogens with one attached hydrogen (secondary N) is 1. The van der Waals surface area contributed by atoms with E-state index in [0.717, 1.165) is 23.8 Å². The van der Waals surface area contributed by atoms with Crippen LogP contribution in [-0.2, 0) is 6.42 Å². The van der Waals surface area contributed by atoms with E-state index in [1.807, 2.05) is 6.92 Å². The molecule has 14 heavy (non-hydrogen) atoms. The summed E-state index contributed by atoms with van der Waals surface area (Å²) < 4.78 is 0. The van der Waals surface area contributed by atoms with Crippen molar-refractivity contribution in [1.29, 1.82) is 0 Å². The van der Waals surface area contributed by atoms with Gasteiger partial charge in [-0.1, -0.05) is 6.92 Å². The molecule has 1 aliphatic rings. The molecule has 0 aliphatic heterocycles. The van der Waals surface area contributed by atoms with Gasteiger partial charge >= 0.3 is 0 Å². The van der Waals surface area contributed by atoms with Gasteiger partial charge in [-0.2, -0.15) is 0 Å². The molecular weight excluding hydrogens is 174 g/mol. The highest BCUT2D eigenvalue weighted by Crippen LogP contribution is 2.37. The zero-order valence-corrected chi connectivity index (χ0v) is 9.09. The number of aryl methyl sites for hydroxylation is 2. The van der Waals surface area contributed by atoms with Crippen molar-refractivity contribution in [3.05, 3.63) is 17.6 Å². The second-order valence-electron chi connectivity index (χ2n) is 4.33. The molecule has 3 nitrogen and oxygen atoms in total. The maximum atomic E-state index is 4.38. The second-order valence-corrected chi connectivity index (χ2v) is 4.33. The van der Waals surface area contributed by atoms with Gasteiger partial charge in [0.1, 0.15) is 11.6 Å². The number of hydrogen-bond acceptors (Lipinski definition) is 3. The highest BCUT2D eigenvalue weighted by atomic mass is 15.1. The summed E-state index contributed by atoms with van der Waals surface area (Å²) in [6.45, 7) is 6.29. The topological polar surface area (TPSA) is 37.8 Å². The van der Waals surface area contributed by atoms with Crippen LogP contribution in [0.15, 0.2) is 6.07 Å². The Morgan fingerprint density at radius 1 is 1.43 bits per heavy atom. The van der Waals surface area contributed by atoms with E-state index in [9.17, 15) is 0 Å². The van der Waals surface area contributed by atoms with Crippen LogP contribution in [0.1, 0.15) is 38.2 Å². The summed E-state index contributed by atoms with van der Waals surface area (Å²) in [6, 6.07) is 2.05. The van der Waals surface area contributed by atoms with Crippen LogP contribution in [0.25, 0.3) is 0 Å². The minimum Gasteiger partial charge on any atom is -0.365 e. The van der Waals surface area contributed by atoms with Crippen molar-refractivity contribution in [3.63, 3.8) is 0 Å². The average Bonchev–Trinajstić information content (AvgIpc) is 2.82. The van der Waals surface area contributed by atoms with Gasteiger partial charge in [0, 0.05) is 17.3 Å². The van der Waals surface area contributed by atoms with Crippen LogP contribution in [-0.4, -0.2) is 15.5 Å². The largest absolute Gasteiger partial charge is 0.365 e. The summed E-state index contributed by atoms with van der Waals surface area (Å²) in [5.74, 6) is 1.84. The number of hydrogen-bond donors (Lipinski definition) is 1. The fourth-order valence-electron chi connectivity index (χ4n) is 1.50. The maximum absolute atomic E-state index is 4.38. The van der Waals surface area contributed by atoms with Gasteiger partial charge in [0.15, 0.2) is 0 Å². The third kappa shape index (κ3) is 2.03. The minimum absolute atomic E-state index is 0.297. The van der Waals surface area contributed by atoms with E-state index >= 15 is 0 Å². The summed E-state index contributed by atoms with van der Waals surface area (Å²) in [4.78, 5) is 8.74. The average molecular weight is 191 g/mol. The van der Waals surface area contributed by atoms with Crippen molar-refractivity contribution < 1.29 is 0 Å². The van der Waals surface area contributed by atoms with E-state index in [1.165, 1.54) is 12.8 Å². The first-order valence-electron chi connectivity index (χ1n) is 5.24. The molecule has 1 N–H and O–H groups in total. The molecule has 0 bridgehead atoms. The Morgan fingerprint density at radius 2 is 2.14 bits per heavy atom. The summed E-state index contributed by atoms with van der Waals surface area (Å²) in [5, 5.41) is 3.46. The Kier molecular flexibility index (Phi) is 2.17. The third-order valence-corrected chi connectivity index (χ3v) is 2.68. The lowest BCUT2D eigenvalue weighted by molar-refractivity contribution is 0.812. The Balaban J connectivity index is 2.20. The quantitative estimate of drug-likeness (QED) is 0.796. The molecular formula is C11H17N3. The normalized spacial score (nSPS) is 17.9. The Hall–Kier alpha value is -1.12. The monoisotopic (exact) mass is 191 g/mol. The van der Waals surface area contributed by atoms with Crippen molar-refractivity contribution in [1.82, 2.24) is 9.97 Å². The smallest absolute Gasteiger partial charge is 0.130 e. The molecule has 0 spiro atoms. The van der Waals surface area contributed by atoms with Gasteiger partial charge in [0.25, 0.3) is 0 Å². The van der Waals surface area contributed by atoms with Crippen LogP contribution in [0.3, 0.4) is 0 Å². The van der Waals surface area contributed by atoms with E-state index in [2.05, 4.69) is 35.2 Å². The molecule has 0 unspecified atom stereocenters. The van der Waals surface area contributed by atoms with Gasteiger partial charge in [-0.25, -0.2) is 9.97 Å². The molecule has 0 atom stereocenters. The van der Waals surface area contributed by atoms with Crippen LogP contribution >= 0.6 is 0 Å². The molecule has 76 valence electrons. The fourth-order valence-corrected chi connectivity index (χ4v) is 1.50. The number of aromatic nitrogens is 2. The van der Waals surface area contributed by atoms with E-state index < -0.39 is 0 Å². The number of rotatable bonds is 3. The standard InChI is InChI=1S/C11H17N3/c1-4-9-7-10(13-8(2)12-9)14-11(3)5-6-11/h7H,4-6H2,1-3H3,(H,12,13,14). The first kappa shape index (κ1) is 9.44. The van der Waals surface area contributed by atoms with Crippen molar-refractivity contribution in [3.8, 4) is 0 Å². The van der Waals surface area contributed by atoms with Crippen LogP contribution < -0.4 is 5.32 Å². The van der Waals surface area contributed by atoms with E-state index in [-0.39, 0.29) is 0 Å². The number of nitrogens with zero attached hydrogens (tertiary/aromatic N) is 2. The molecule has 0 radical (unpaired) electrons. The van der Waals surface area contributed by atoms with E-state index in [1.54, 1.807) is 0 Å². The summed E-state index contributed by atoms with van der Waals surface area (Å²) in [5.41, 5.74) is 1.41. The van der Waals surface area contributed by atoms with Gasteiger partial charge in [0.05, 0.1) is 0 Å². The van der Waals surface area contributed by atoms with Gasteiger partial charge in [-0.05, 0) is 33.1 Å². The third-order valence-electron chi connectivity index (χ3n) is 2.68. The van der Waals surface area contributed by atoms with Crippen LogP contribution in [0.4, 0.5) is 5.82 Å². The van der Waals surface area contributed by atoms with Crippen LogP contribution in [0, 0.1) is 6.92 Å². The molecule has 1 aromatic heterocycles. The van der Waals surface area contributed by atoms with Crippen LogP contribution in [0.5, 0.6) is 0 Å². The molecule has 1 aromatic rings. The second kappa shape index (κ2) is 3.23. The molecule has 1 fully saturated rings. The zero-order valence-electron chi connectivity index (χ0n) is 9.09. The minimum atomic E-state index is 0.297. The molecule has 1 aliphatic carbocycles. The molecule has 0 amide bonds. The lowest BCUT2D eigenvalue weighted by atomic mass is 10.3. The first-order valence-corrected chi connectivity index (χ1v) is 5.24. The first-order chi connectivity index (χ1) is 6.61. The van der Waals surface area contributed by atoms with Crippen LogP contribution in [0.2, 0.25) is 0 Å². The zero-order chi connectivity index (χ0) is 10.2. The molecule has 1 saturated carbocycles. The fraction of sp³-hybridized carbons (Fsp3) is 0.636. The van der Waals surface area contributed by atoms with Gasteiger partial charge in [-0.15, -0.1) is 0 Å². The predicted molar refractivity (Wildman–Crippen MR) is 57.4 cm³/mol. The lowest BCUT2D eigenvalue weighted by Crippen LogP contribution is -2.17. The molecule has 0 saturated heterocycles. The van der Waals surface area contributed by atoms with E-state index in [4.69, 9.17) is 0 Å². The number of anilines is 1. The SMILES string of the molecule is CCc1cc(NC2(C)CC2)nc(C)n1. The maximum Gasteiger partial charge on any atom is 0.130 e. The van der Waals surface area contributed by atoms with Crippen molar-refractivity contribution >= 4 is 5.82 Å². The highest BCUT2D eigenvalue weighted by molar-refractivity contribution is 5.41. The molecule has 2 rings (SSSR count). The van der Waals surface area contributed by atoms with Crippen molar-refractivity contribution in [2.24, 2.45) is 0 Å². The Labute approximate surface area is 85.0 Å². The lowest BCUT2D eigenvalue weighted by Gasteiger charge is -2.13.